The monoisotopic (exact) mass is 333 g/mol. The van der Waals surface area contributed by atoms with E-state index in [0.29, 0.717) is 19.7 Å². The number of urea groups is 1. The van der Waals surface area contributed by atoms with Gasteiger partial charge in [0.15, 0.2) is 0 Å². The lowest BCUT2D eigenvalue weighted by atomic mass is 10.0. The number of amides is 2. The molecule has 1 saturated heterocycles. The molecule has 2 N–H and O–H groups in total. The lowest BCUT2D eigenvalue weighted by Crippen LogP contribution is -2.50. The Bertz CT molecular complexity index is 589. The van der Waals surface area contributed by atoms with E-state index in [4.69, 9.17) is 4.74 Å². The summed E-state index contributed by atoms with van der Waals surface area (Å²) >= 11 is 0. The van der Waals surface area contributed by atoms with Crippen molar-refractivity contribution in [2.75, 3.05) is 31.6 Å². The van der Waals surface area contributed by atoms with Crippen molar-refractivity contribution < 1.29 is 14.3 Å². The fourth-order valence-corrected chi connectivity index (χ4v) is 2.82. The molecule has 0 saturated carbocycles. The van der Waals surface area contributed by atoms with Crippen molar-refractivity contribution >= 4 is 17.7 Å². The predicted octanol–water partition coefficient (Wildman–Crippen LogP) is 2.45. The quantitative estimate of drug-likeness (QED) is 0.812. The van der Waals surface area contributed by atoms with Crippen LogP contribution >= 0.6 is 0 Å². The molecule has 2 amide bonds. The molecule has 1 atom stereocenters. The average molecular weight is 333 g/mol. The van der Waals surface area contributed by atoms with Gasteiger partial charge in [0.05, 0.1) is 6.61 Å². The van der Waals surface area contributed by atoms with Crippen molar-refractivity contribution in [1.82, 2.24) is 10.2 Å². The van der Waals surface area contributed by atoms with Gasteiger partial charge in [0.25, 0.3) is 0 Å². The van der Waals surface area contributed by atoms with Crippen LogP contribution in [0.4, 0.5) is 10.5 Å². The molecule has 24 heavy (non-hydrogen) atoms. The summed E-state index contributed by atoms with van der Waals surface area (Å²) in [5.74, 6) is -0.410. The van der Waals surface area contributed by atoms with E-state index in [-0.39, 0.29) is 18.6 Å². The van der Waals surface area contributed by atoms with Crippen LogP contribution in [0.25, 0.3) is 0 Å². The van der Waals surface area contributed by atoms with Crippen molar-refractivity contribution in [1.29, 1.82) is 0 Å². The summed E-state index contributed by atoms with van der Waals surface area (Å²) < 4.78 is 4.82. The number of nitrogens with one attached hydrogen (secondary N) is 2. The van der Waals surface area contributed by atoms with Crippen molar-refractivity contribution in [3.63, 3.8) is 0 Å². The van der Waals surface area contributed by atoms with Crippen molar-refractivity contribution in [2.24, 2.45) is 0 Å². The largest absolute Gasteiger partial charge is 0.465 e. The van der Waals surface area contributed by atoms with Gasteiger partial charge in [-0.15, -0.1) is 0 Å². The molecule has 6 nitrogen and oxygen atoms in total. The minimum absolute atomic E-state index is 0.0849. The van der Waals surface area contributed by atoms with E-state index >= 15 is 0 Å². The van der Waals surface area contributed by atoms with E-state index in [1.54, 1.807) is 11.8 Å². The Morgan fingerprint density at radius 1 is 1.29 bits per heavy atom. The summed E-state index contributed by atoms with van der Waals surface area (Å²) in [6, 6.07) is 6.31. The zero-order chi connectivity index (χ0) is 17.5. The van der Waals surface area contributed by atoms with Gasteiger partial charge in [0, 0.05) is 24.8 Å². The molecule has 0 unspecified atom stereocenters. The second-order valence-electron chi connectivity index (χ2n) is 6.19. The van der Waals surface area contributed by atoms with Crippen LogP contribution in [-0.4, -0.2) is 49.2 Å². The number of nitrogens with zero attached hydrogens (tertiary/aromatic N) is 1. The number of esters is 1. The maximum atomic E-state index is 12.2. The minimum Gasteiger partial charge on any atom is -0.465 e. The number of ether oxygens (including phenoxy) is 1. The van der Waals surface area contributed by atoms with Gasteiger partial charge in [0.1, 0.15) is 6.54 Å². The molecule has 0 aromatic heterocycles. The van der Waals surface area contributed by atoms with Crippen LogP contribution in [0.15, 0.2) is 18.2 Å². The number of carbonyl (C=O) groups excluding carboxylic acids is 2. The van der Waals surface area contributed by atoms with E-state index in [9.17, 15) is 9.59 Å². The number of hydrogen-bond donors (Lipinski definition) is 2. The molecule has 1 heterocycles. The van der Waals surface area contributed by atoms with Gasteiger partial charge in [-0.3, -0.25) is 4.79 Å². The number of rotatable bonds is 5. The Morgan fingerprint density at radius 2 is 2.08 bits per heavy atom. The number of anilines is 1. The van der Waals surface area contributed by atoms with Gasteiger partial charge < -0.3 is 20.3 Å². The fourth-order valence-electron chi connectivity index (χ4n) is 2.82. The van der Waals surface area contributed by atoms with Gasteiger partial charge >= 0.3 is 12.0 Å². The Morgan fingerprint density at radius 3 is 2.79 bits per heavy atom. The highest BCUT2D eigenvalue weighted by Gasteiger charge is 2.24. The predicted molar refractivity (Wildman–Crippen MR) is 94.2 cm³/mol. The van der Waals surface area contributed by atoms with Crippen LogP contribution in [0.2, 0.25) is 0 Å². The zero-order valence-corrected chi connectivity index (χ0v) is 14.7. The number of likely N-dealkylation sites (tertiary alicyclic amines) is 1. The van der Waals surface area contributed by atoms with Crippen LogP contribution in [0.1, 0.15) is 30.9 Å². The summed E-state index contributed by atoms with van der Waals surface area (Å²) in [6.45, 7) is 7.50. The Kier molecular flexibility index (Phi) is 6.46. The molecule has 132 valence electrons. The third-order valence-corrected chi connectivity index (χ3v) is 4.28. The average Bonchev–Trinajstić information content (AvgIpc) is 2.56. The van der Waals surface area contributed by atoms with Crippen LogP contribution in [0.3, 0.4) is 0 Å². The highest BCUT2D eigenvalue weighted by molar-refractivity contribution is 5.81. The van der Waals surface area contributed by atoms with Crippen LogP contribution in [0, 0.1) is 13.8 Å². The molecule has 0 bridgehead atoms. The van der Waals surface area contributed by atoms with Crippen molar-refractivity contribution in [3.05, 3.63) is 29.3 Å². The van der Waals surface area contributed by atoms with Gasteiger partial charge in [-0.1, -0.05) is 6.07 Å². The smallest absolute Gasteiger partial charge is 0.325 e. The molecule has 1 fully saturated rings. The number of carbonyl (C=O) groups is 2. The standard InChI is InChI=1S/C18H27N3O3/c1-4-24-17(22)11-19-18(23)21-9-5-6-16(12-21)20-15-8-7-13(2)14(3)10-15/h7-8,10,16,20H,4-6,9,11-12H2,1-3H3,(H,19,23)/t16-/m1/s1. The number of benzene rings is 1. The minimum atomic E-state index is -0.410. The Balaban J connectivity index is 1.85. The number of hydrogen-bond acceptors (Lipinski definition) is 4. The summed E-state index contributed by atoms with van der Waals surface area (Å²) in [6.07, 6.45) is 1.96. The first-order valence-corrected chi connectivity index (χ1v) is 8.51. The third-order valence-electron chi connectivity index (χ3n) is 4.28. The highest BCUT2D eigenvalue weighted by Crippen LogP contribution is 2.19. The highest BCUT2D eigenvalue weighted by atomic mass is 16.5. The molecule has 1 aliphatic rings. The molecular formula is C18H27N3O3. The first kappa shape index (κ1) is 18.1. The Hall–Kier alpha value is -2.24. The van der Waals surface area contributed by atoms with Crippen LogP contribution in [0.5, 0.6) is 0 Å². The molecule has 1 aromatic rings. The topological polar surface area (TPSA) is 70.7 Å². The number of aryl methyl sites for hydroxylation is 2. The van der Waals surface area contributed by atoms with Crippen LogP contribution in [-0.2, 0) is 9.53 Å². The fraction of sp³-hybridized carbons (Fsp3) is 0.556. The maximum absolute atomic E-state index is 12.2. The summed E-state index contributed by atoms with van der Waals surface area (Å²) in [5, 5.41) is 6.13. The molecule has 0 radical (unpaired) electrons. The molecule has 6 heteroatoms. The lowest BCUT2D eigenvalue weighted by molar-refractivity contribution is -0.141. The molecule has 0 spiro atoms. The van der Waals surface area contributed by atoms with E-state index < -0.39 is 5.97 Å². The molecule has 1 aromatic carbocycles. The first-order chi connectivity index (χ1) is 11.5. The lowest BCUT2D eigenvalue weighted by Gasteiger charge is -2.33. The molecule has 1 aliphatic heterocycles. The van der Waals surface area contributed by atoms with Gasteiger partial charge in [0.2, 0.25) is 0 Å². The van der Waals surface area contributed by atoms with E-state index in [1.807, 2.05) is 0 Å². The van der Waals surface area contributed by atoms with E-state index in [0.717, 1.165) is 18.5 Å². The van der Waals surface area contributed by atoms with Gasteiger partial charge in [-0.25, -0.2) is 4.79 Å². The van der Waals surface area contributed by atoms with Crippen LogP contribution < -0.4 is 10.6 Å². The zero-order valence-electron chi connectivity index (χ0n) is 14.7. The van der Waals surface area contributed by atoms with E-state index in [1.165, 1.54) is 11.1 Å². The second-order valence-corrected chi connectivity index (χ2v) is 6.19. The molecule has 2 rings (SSSR count). The maximum Gasteiger partial charge on any atom is 0.325 e. The summed E-state index contributed by atoms with van der Waals surface area (Å²) in [5.41, 5.74) is 3.60. The summed E-state index contributed by atoms with van der Waals surface area (Å²) in [4.78, 5) is 25.3. The SMILES string of the molecule is CCOC(=O)CNC(=O)N1CCC[C@@H](Nc2ccc(C)c(C)c2)C1. The normalized spacial score (nSPS) is 17.3. The third kappa shape index (κ3) is 5.15. The van der Waals surface area contributed by atoms with E-state index in [2.05, 4.69) is 42.7 Å². The Labute approximate surface area is 143 Å². The van der Waals surface area contributed by atoms with Crippen molar-refractivity contribution in [3.8, 4) is 0 Å². The van der Waals surface area contributed by atoms with Crippen molar-refractivity contribution in [2.45, 2.75) is 39.7 Å². The van der Waals surface area contributed by atoms with Gasteiger partial charge in [-0.2, -0.15) is 0 Å². The number of piperidine rings is 1. The molecule has 0 aliphatic carbocycles. The second kappa shape index (κ2) is 8.57. The summed E-state index contributed by atoms with van der Waals surface area (Å²) in [7, 11) is 0. The molecular weight excluding hydrogens is 306 g/mol. The first-order valence-electron chi connectivity index (χ1n) is 8.51. The van der Waals surface area contributed by atoms with Gasteiger partial charge in [-0.05, 0) is 56.9 Å².